The number of thiophene rings is 1. The standard InChI is InChI=1S/C20H16FNO3S/c1-2-25-20(24)17-16(13-6-4-3-5-7-13)12-26-19(17)22-18(23)14-8-10-15(21)11-9-14/h3-12H,2H2,1H3,(H,22,23). The first-order chi connectivity index (χ1) is 12.6. The smallest absolute Gasteiger partial charge is 0.341 e. The number of halogens is 1. The number of hydrogen-bond acceptors (Lipinski definition) is 4. The molecule has 0 bridgehead atoms. The summed E-state index contributed by atoms with van der Waals surface area (Å²) in [6, 6.07) is 14.6. The average molecular weight is 369 g/mol. The van der Waals surface area contributed by atoms with Crippen molar-refractivity contribution in [3.63, 3.8) is 0 Å². The SMILES string of the molecule is CCOC(=O)c1c(-c2ccccc2)csc1NC(=O)c1ccc(F)cc1. The summed E-state index contributed by atoms with van der Waals surface area (Å²) >= 11 is 1.24. The Morgan fingerprint density at radius 2 is 1.77 bits per heavy atom. The van der Waals surface area contributed by atoms with Gasteiger partial charge in [0, 0.05) is 16.5 Å². The fourth-order valence-electron chi connectivity index (χ4n) is 2.46. The molecule has 0 unspecified atom stereocenters. The van der Waals surface area contributed by atoms with Crippen molar-refractivity contribution in [2.75, 3.05) is 11.9 Å². The second-order valence-electron chi connectivity index (χ2n) is 5.40. The summed E-state index contributed by atoms with van der Waals surface area (Å²) in [5.74, 6) is -1.34. The summed E-state index contributed by atoms with van der Waals surface area (Å²) in [4.78, 5) is 24.9. The van der Waals surface area contributed by atoms with E-state index in [2.05, 4.69) is 5.32 Å². The molecular weight excluding hydrogens is 353 g/mol. The Hall–Kier alpha value is -2.99. The molecule has 26 heavy (non-hydrogen) atoms. The zero-order valence-electron chi connectivity index (χ0n) is 14.0. The Bertz CT molecular complexity index is 920. The van der Waals surface area contributed by atoms with Crippen molar-refractivity contribution in [3.8, 4) is 11.1 Å². The lowest BCUT2D eigenvalue weighted by Crippen LogP contribution is -2.14. The third-order valence-electron chi connectivity index (χ3n) is 3.69. The average Bonchev–Trinajstić information content (AvgIpc) is 3.07. The number of carbonyl (C=O) groups is 2. The van der Waals surface area contributed by atoms with Crippen molar-refractivity contribution >= 4 is 28.2 Å². The monoisotopic (exact) mass is 369 g/mol. The van der Waals surface area contributed by atoms with Gasteiger partial charge in [-0.05, 0) is 36.8 Å². The van der Waals surface area contributed by atoms with Crippen LogP contribution in [0.15, 0.2) is 60.0 Å². The van der Waals surface area contributed by atoms with Gasteiger partial charge in [-0.1, -0.05) is 30.3 Å². The van der Waals surface area contributed by atoms with Gasteiger partial charge in [-0.2, -0.15) is 0 Å². The van der Waals surface area contributed by atoms with E-state index in [1.54, 1.807) is 6.92 Å². The van der Waals surface area contributed by atoms with Crippen LogP contribution in [-0.2, 0) is 4.74 Å². The van der Waals surface area contributed by atoms with Crippen LogP contribution in [0.4, 0.5) is 9.39 Å². The molecule has 2 aromatic carbocycles. The van der Waals surface area contributed by atoms with Gasteiger partial charge in [0.15, 0.2) is 0 Å². The van der Waals surface area contributed by atoms with E-state index in [9.17, 15) is 14.0 Å². The van der Waals surface area contributed by atoms with E-state index in [-0.39, 0.29) is 6.61 Å². The number of nitrogens with one attached hydrogen (secondary N) is 1. The molecule has 0 spiro atoms. The summed E-state index contributed by atoms with van der Waals surface area (Å²) in [5.41, 5.74) is 2.17. The molecule has 0 saturated carbocycles. The van der Waals surface area contributed by atoms with Crippen molar-refractivity contribution < 1.29 is 18.7 Å². The van der Waals surface area contributed by atoms with Crippen molar-refractivity contribution in [1.29, 1.82) is 0 Å². The minimum absolute atomic E-state index is 0.230. The molecule has 0 atom stereocenters. The van der Waals surface area contributed by atoms with Crippen LogP contribution in [0.1, 0.15) is 27.6 Å². The maximum absolute atomic E-state index is 13.0. The largest absolute Gasteiger partial charge is 0.462 e. The van der Waals surface area contributed by atoms with Crippen LogP contribution in [0.5, 0.6) is 0 Å². The minimum Gasteiger partial charge on any atom is -0.462 e. The molecule has 1 N–H and O–H groups in total. The molecule has 1 heterocycles. The Morgan fingerprint density at radius 1 is 1.08 bits per heavy atom. The van der Waals surface area contributed by atoms with Gasteiger partial charge in [0.25, 0.3) is 5.91 Å². The molecule has 4 nitrogen and oxygen atoms in total. The number of amides is 1. The second kappa shape index (κ2) is 7.93. The van der Waals surface area contributed by atoms with Crippen LogP contribution < -0.4 is 5.32 Å². The molecule has 3 rings (SSSR count). The topological polar surface area (TPSA) is 55.4 Å². The molecule has 1 aromatic heterocycles. The summed E-state index contributed by atoms with van der Waals surface area (Å²) in [5, 5.41) is 4.94. The summed E-state index contributed by atoms with van der Waals surface area (Å²) in [7, 11) is 0. The lowest BCUT2D eigenvalue weighted by molar-refractivity contribution is 0.0529. The third kappa shape index (κ3) is 3.81. The summed E-state index contributed by atoms with van der Waals surface area (Å²) in [6.45, 7) is 1.96. The van der Waals surface area contributed by atoms with Crippen LogP contribution in [0, 0.1) is 5.82 Å². The first-order valence-corrected chi connectivity index (χ1v) is 8.89. The molecule has 3 aromatic rings. The number of carbonyl (C=O) groups excluding carboxylic acids is 2. The lowest BCUT2D eigenvalue weighted by atomic mass is 10.0. The van der Waals surface area contributed by atoms with E-state index in [0.29, 0.717) is 21.7 Å². The van der Waals surface area contributed by atoms with Crippen LogP contribution in [0.2, 0.25) is 0 Å². The van der Waals surface area contributed by atoms with E-state index >= 15 is 0 Å². The molecule has 6 heteroatoms. The Kier molecular flexibility index (Phi) is 5.43. The highest BCUT2D eigenvalue weighted by Crippen LogP contribution is 2.36. The number of anilines is 1. The quantitative estimate of drug-likeness (QED) is 0.645. The molecular formula is C20H16FNO3S. The number of esters is 1. The van der Waals surface area contributed by atoms with Gasteiger partial charge in [-0.15, -0.1) is 11.3 Å². The van der Waals surface area contributed by atoms with Gasteiger partial charge >= 0.3 is 5.97 Å². The molecule has 0 saturated heterocycles. The first-order valence-electron chi connectivity index (χ1n) is 8.01. The van der Waals surface area contributed by atoms with Gasteiger partial charge in [-0.25, -0.2) is 9.18 Å². The number of benzene rings is 2. The van der Waals surface area contributed by atoms with E-state index < -0.39 is 17.7 Å². The molecule has 0 fully saturated rings. The van der Waals surface area contributed by atoms with Gasteiger partial charge in [0.1, 0.15) is 16.4 Å². The molecule has 132 valence electrons. The van der Waals surface area contributed by atoms with Crippen molar-refractivity contribution in [2.45, 2.75) is 6.92 Å². The molecule has 0 aliphatic heterocycles. The second-order valence-corrected chi connectivity index (χ2v) is 6.28. The minimum atomic E-state index is -0.498. The van der Waals surface area contributed by atoms with E-state index in [1.165, 1.54) is 35.6 Å². The fourth-order valence-corrected chi connectivity index (χ4v) is 3.41. The lowest BCUT2D eigenvalue weighted by Gasteiger charge is -2.09. The molecule has 0 aliphatic carbocycles. The van der Waals surface area contributed by atoms with Gasteiger partial charge in [0.05, 0.1) is 6.61 Å². The number of hydrogen-bond donors (Lipinski definition) is 1. The zero-order valence-corrected chi connectivity index (χ0v) is 14.8. The van der Waals surface area contributed by atoms with E-state index in [4.69, 9.17) is 4.74 Å². The molecule has 0 radical (unpaired) electrons. The molecule has 0 aliphatic rings. The highest BCUT2D eigenvalue weighted by molar-refractivity contribution is 7.15. The van der Waals surface area contributed by atoms with Crippen molar-refractivity contribution in [1.82, 2.24) is 0 Å². The van der Waals surface area contributed by atoms with Gasteiger partial charge < -0.3 is 10.1 Å². The fraction of sp³-hybridized carbons (Fsp3) is 0.100. The Labute approximate surface area is 154 Å². The third-order valence-corrected chi connectivity index (χ3v) is 4.58. The first kappa shape index (κ1) is 17.8. The molecule has 1 amide bonds. The number of rotatable bonds is 5. The normalized spacial score (nSPS) is 10.4. The van der Waals surface area contributed by atoms with Gasteiger partial charge in [0.2, 0.25) is 0 Å². The van der Waals surface area contributed by atoms with E-state index in [1.807, 2.05) is 35.7 Å². The summed E-state index contributed by atoms with van der Waals surface area (Å²) in [6.07, 6.45) is 0. The van der Waals surface area contributed by atoms with Crippen LogP contribution >= 0.6 is 11.3 Å². The van der Waals surface area contributed by atoms with Crippen LogP contribution in [0.3, 0.4) is 0 Å². The highest BCUT2D eigenvalue weighted by atomic mass is 32.1. The van der Waals surface area contributed by atoms with Crippen LogP contribution in [-0.4, -0.2) is 18.5 Å². The predicted octanol–water partition coefficient (Wildman–Crippen LogP) is 4.98. The van der Waals surface area contributed by atoms with Crippen molar-refractivity contribution in [2.24, 2.45) is 0 Å². The Balaban J connectivity index is 1.96. The van der Waals surface area contributed by atoms with E-state index in [0.717, 1.165) is 5.56 Å². The Morgan fingerprint density at radius 3 is 2.42 bits per heavy atom. The zero-order chi connectivity index (χ0) is 18.5. The maximum atomic E-state index is 13.0. The summed E-state index contributed by atoms with van der Waals surface area (Å²) < 4.78 is 18.2. The van der Waals surface area contributed by atoms with Crippen LogP contribution in [0.25, 0.3) is 11.1 Å². The predicted molar refractivity (Wildman–Crippen MR) is 100 cm³/mol. The van der Waals surface area contributed by atoms with Gasteiger partial charge in [-0.3, -0.25) is 4.79 Å². The maximum Gasteiger partial charge on any atom is 0.341 e. The highest BCUT2D eigenvalue weighted by Gasteiger charge is 2.23. The number of ether oxygens (including phenoxy) is 1. The van der Waals surface area contributed by atoms with Crippen molar-refractivity contribution in [3.05, 3.63) is 76.9 Å².